The van der Waals surface area contributed by atoms with Crippen LogP contribution in [0.4, 0.5) is 4.39 Å². The quantitative estimate of drug-likeness (QED) is 0.601. The van der Waals surface area contributed by atoms with Crippen molar-refractivity contribution in [1.29, 1.82) is 0 Å². The predicted molar refractivity (Wildman–Crippen MR) is 128 cm³/mol. The number of nitrogens with zero attached hydrogens (tertiary/aromatic N) is 2. The van der Waals surface area contributed by atoms with Gasteiger partial charge in [-0.3, -0.25) is 9.59 Å². The minimum atomic E-state index is -1.01. The number of rotatable bonds is 6. The van der Waals surface area contributed by atoms with Gasteiger partial charge in [-0.1, -0.05) is 17.7 Å². The Labute approximate surface area is 204 Å². The third-order valence-electron chi connectivity index (χ3n) is 6.42. The molecule has 0 bridgehead atoms. The summed E-state index contributed by atoms with van der Waals surface area (Å²) in [6.07, 6.45) is 3.21. The molecule has 2 fully saturated rings. The third kappa shape index (κ3) is 5.88. The summed E-state index contributed by atoms with van der Waals surface area (Å²) in [5, 5.41) is 0.642. The molecule has 2 aromatic carbocycles. The second kappa shape index (κ2) is 10.7. The van der Waals surface area contributed by atoms with Crippen LogP contribution in [0.15, 0.2) is 42.5 Å². The lowest BCUT2D eigenvalue weighted by Crippen LogP contribution is -2.58. The van der Waals surface area contributed by atoms with Crippen molar-refractivity contribution in [3.05, 3.63) is 64.4 Å². The van der Waals surface area contributed by atoms with Crippen LogP contribution in [-0.2, 0) is 9.53 Å². The van der Waals surface area contributed by atoms with Crippen molar-refractivity contribution in [2.24, 2.45) is 0 Å². The summed E-state index contributed by atoms with van der Waals surface area (Å²) in [5.41, 5.74) is 0.140. The second-order valence-electron chi connectivity index (χ2n) is 9.09. The van der Waals surface area contributed by atoms with Gasteiger partial charge in [-0.25, -0.2) is 4.39 Å². The molecule has 0 N–H and O–H groups in total. The number of benzene rings is 2. The number of ether oxygens (including phenoxy) is 2. The summed E-state index contributed by atoms with van der Waals surface area (Å²) < 4.78 is 26.0. The van der Waals surface area contributed by atoms with E-state index in [4.69, 9.17) is 21.1 Å². The van der Waals surface area contributed by atoms with E-state index >= 15 is 0 Å². The molecule has 182 valence electrons. The van der Waals surface area contributed by atoms with Gasteiger partial charge in [-0.05, 0) is 68.1 Å². The molecule has 1 atom stereocenters. The molecule has 2 aliphatic rings. The van der Waals surface area contributed by atoms with Crippen LogP contribution in [0.1, 0.15) is 41.6 Å². The Morgan fingerprint density at radius 3 is 2.62 bits per heavy atom. The third-order valence-corrected chi connectivity index (χ3v) is 6.84. The lowest BCUT2D eigenvalue weighted by molar-refractivity contribution is -0.153. The molecule has 2 saturated heterocycles. The lowest BCUT2D eigenvalue weighted by atomic mass is 9.95. The highest BCUT2D eigenvalue weighted by Crippen LogP contribution is 2.28. The lowest BCUT2D eigenvalue weighted by Gasteiger charge is -2.43. The fraction of sp³-hybridized carbons (Fsp3) is 0.462. The number of piperidine rings is 1. The highest BCUT2D eigenvalue weighted by atomic mass is 35.5. The fourth-order valence-electron chi connectivity index (χ4n) is 4.52. The molecule has 34 heavy (non-hydrogen) atoms. The molecule has 0 radical (unpaired) electrons. The van der Waals surface area contributed by atoms with Crippen LogP contribution < -0.4 is 4.74 Å². The van der Waals surface area contributed by atoms with E-state index in [9.17, 15) is 14.0 Å². The number of hydrogen-bond acceptors (Lipinski definition) is 4. The number of likely N-dealkylation sites (tertiary alicyclic amines) is 1. The molecule has 2 amide bonds. The second-order valence-corrected chi connectivity index (χ2v) is 9.49. The number of carbonyl (C=O) groups is 2. The Morgan fingerprint density at radius 1 is 1.09 bits per heavy atom. The first-order chi connectivity index (χ1) is 16.3. The average Bonchev–Trinajstić information content (AvgIpc) is 2.85. The monoisotopic (exact) mass is 488 g/mol. The summed E-state index contributed by atoms with van der Waals surface area (Å²) >= 11 is 6.13. The van der Waals surface area contributed by atoms with E-state index in [1.54, 1.807) is 23.1 Å². The van der Waals surface area contributed by atoms with E-state index in [1.165, 1.54) is 18.2 Å². The summed E-state index contributed by atoms with van der Waals surface area (Å²) in [6.45, 7) is 4.25. The SMILES string of the molecule is Cc1cc(OCC2(CC(=O)N3CCCCC3)CN(C(=O)c3cccc(F)c3)CCO2)ccc1Cl. The van der Waals surface area contributed by atoms with E-state index in [0.717, 1.165) is 37.9 Å². The Hall–Kier alpha value is -2.64. The van der Waals surface area contributed by atoms with E-state index in [0.29, 0.717) is 17.3 Å². The number of halogens is 2. The van der Waals surface area contributed by atoms with E-state index in [-0.39, 0.29) is 43.6 Å². The highest BCUT2D eigenvalue weighted by Gasteiger charge is 2.42. The molecular formula is C26H30ClFN2O4. The van der Waals surface area contributed by atoms with Crippen molar-refractivity contribution in [3.8, 4) is 5.75 Å². The normalized spacial score (nSPS) is 20.8. The summed E-state index contributed by atoms with van der Waals surface area (Å²) in [4.78, 5) is 29.8. The maximum absolute atomic E-state index is 13.7. The van der Waals surface area contributed by atoms with Crippen LogP contribution >= 0.6 is 11.6 Å². The van der Waals surface area contributed by atoms with E-state index in [1.807, 2.05) is 17.9 Å². The number of morpholine rings is 1. The summed E-state index contributed by atoms with van der Waals surface area (Å²) in [5.74, 6) is -0.147. The van der Waals surface area contributed by atoms with Crippen LogP contribution in [0, 0.1) is 12.7 Å². The van der Waals surface area contributed by atoms with Crippen molar-refractivity contribution >= 4 is 23.4 Å². The molecule has 0 saturated carbocycles. The predicted octanol–water partition coefficient (Wildman–Crippen LogP) is 4.48. The summed E-state index contributed by atoms with van der Waals surface area (Å²) in [7, 11) is 0. The van der Waals surface area contributed by atoms with Gasteiger partial charge in [0.05, 0.1) is 19.6 Å². The largest absolute Gasteiger partial charge is 0.490 e. The van der Waals surface area contributed by atoms with Gasteiger partial charge in [0.25, 0.3) is 5.91 Å². The molecule has 2 aromatic rings. The molecule has 6 nitrogen and oxygen atoms in total. The minimum absolute atomic E-state index is 0.00404. The van der Waals surface area contributed by atoms with Gasteiger partial charge in [-0.15, -0.1) is 0 Å². The highest BCUT2D eigenvalue weighted by molar-refractivity contribution is 6.31. The first-order valence-electron chi connectivity index (χ1n) is 11.7. The number of carbonyl (C=O) groups excluding carboxylic acids is 2. The van der Waals surface area contributed by atoms with Crippen molar-refractivity contribution < 1.29 is 23.5 Å². The fourth-order valence-corrected chi connectivity index (χ4v) is 4.64. The summed E-state index contributed by atoms with van der Waals surface area (Å²) in [6, 6.07) is 11.0. The first-order valence-corrected chi connectivity index (χ1v) is 12.1. The van der Waals surface area contributed by atoms with Gasteiger partial charge in [0.2, 0.25) is 5.91 Å². The van der Waals surface area contributed by atoms with Crippen molar-refractivity contribution in [3.63, 3.8) is 0 Å². The average molecular weight is 489 g/mol. The van der Waals surface area contributed by atoms with Gasteiger partial charge in [-0.2, -0.15) is 0 Å². The topological polar surface area (TPSA) is 59.1 Å². The molecule has 0 spiro atoms. The zero-order valence-electron chi connectivity index (χ0n) is 19.4. The van der Waals surface area contributed by atoms with Gasteiger partial charge in [0.15, 0.2) is 0 Å². The zero-order chi connectivity index (χ0) is 24.1. The van der Waals surface area contributed by atoms with Crippen LogP contribution in [0.5, 0.6) is 5.75 Å². The maximum atomic E-state index is 13.7. The first kappa shape index (κ1) is 24.5. The Morgan fingerprint density at radius 2 is 1.88 bits per heavy atom. The van der Waals surface area contributed by atoms with Crippen LogP contribution in [0.25, 0.3) is 0 Å². The Balaban J connectivity index is 1.54. The minimum Gasteiger partial charge on any atom is -0.490 e. The van der Waals surface area contributed by atoms with Gasteiger partial charge in [0.1, 0.15) is 23.8 Å². The van der Waals surface area contributed by atoms with Crippen LogP contribution in [0.2, 0.25) is 5.02 Å². The molecule has 4 rings (SSSR count). The number of amides is 2. The van der Waals surface area contributed by atoms with Crippen molar-refractivity contribution in [2.75, 3.05) is 39.4 Å². The molecule has 2 heterocycles. The van der Waals surface area contributed by atoms with Crippen LogP contribution in [-0.4, -0.2) is 66.6 Å². The standard InChI is InChI=1S/C26H30ClFN2O4/c1-19-14-22(8-9-23(19)27)33-18-26(16-24(31)29-10-3-2-4-11-29)17-30(12-13-34-26)25(32)20-6-5-7-21(28)15-20/h5-9,14-15H,2-4,10-13,16-18H2,1H3. The molecule has 0 aromatic heterocycles. The Bertz CT molecular complexity index is 1040. The van der Waals surface area contributed by atoms with Crippen LogP contribution in [0.3, 0.4) is 0 Å². The maximum Gasteiger partial charge on any atom is 0.254 e. The Kier molecular flexibility index (Phi) is 7.73. The molecular weight excluding hydrogens is 459 g/mol. The van der Waals surface area contributed by atoms with E-state index < -0.39 is 11.4 Å². The van der Waals surface area contributed by atoms with Gasteiger partial charge < -0.3 is 19.3 Å². The smallest absolute Gasteiger partial charge is 0.254 e. The number of aryl methyl sites for hydroxylation is 1. The van der Waals surface area contributed by atoms with Crippen molar-refractivity contribution in [2.45, 2.75) is 38.2 Å². The van der Waals surface area contributed by atoms with E-state index in [2.05, 4.69) is 0 Å². The zero-order valence-corrected chi connectivity index (χ0v) is 20.2. The van der Waals surface area contributed by atoms with Gasteiger partial charge in [0, 0.05) is 30.2 Å². The molecule has 0 aliphatic carbocycles. The van der Waals surface area contributed by atoms with Gasteiger partial charge >= 0.3 is 0 Å². The van der Waals surface area contributed by atoms with Crippen molar-refractivity contribution in [1.82, 2.24) is 9.80 Å². The number of hydrogen-bond donors (Lipinski definition) is 0. The molecule has 1 unspecified atom stereocenters. The molecule has 8 heteroatoms. The molecule has 2 aliphatic heterocycles.